The summed E-state index contributed by atoms with van der Waals surface area (Å²) in [6.07, 6.45) is 35.6. The van der Waals surface area contributed by atoms with Gasteiger partial charge in [-0.25, -0.2) is 0 Å². The Kier molecular flexibility index (Phi) is 36.8. The van der Waals surface area contributed by atoms with Crippen molar-refractivity contribution in [1.29, 1.82) is 0 Å². The van der Waals surface area contributed by atoms with Crippen molar-refractivity contribution in [2.45, 2.75) is 220 Å². The van der Waals surface area contributed by atoms with Gasteiger partial charge in [-0.2, -0.15) is 0 Å². The normalized spacial score (nSPS) is 12.1. The van der Waals surface area contributed by atoms with Crippen molar-refractivity contribution in [1.82, 2.24) is 5.32 Å². The van der Waals surface area contributed by atoms with Crippen molar-refractivity contribution in [2.75, 3.05) is 26.3 Å². The Bertz CT molecular complexity index is 641. The highest BCUT2D eigenvalue weighted by atomic mass is 16.5. The standard InChI is InChI=1S/C42H83NO4/c1-5-8-11-14-15-21-28-37-46-41(44)33-26-25-29-39(4)34-36-43-35-27-20-16-19-24-32-42(45)47-38-40(30-22-17-12-9-6-2)31-23-18-13-10-7-3/h39-40,43H,5-38H2,1-4H3. The maximum atomic E-state index is 12.4. The van der Waals surface area contributed by atoms with E-state index in [9.17, 15) is 9.59 Å². The number of unbranched alkanes of at least 4 members (excludes halogenated alkanes) is 19. The van der Waals surface area contributed by atoms with Crippen molar-refractivity contribution < 1.29 is 19.1 Å². The van der Waals surface area contributed by atoms with Crippen LogP contribution in [0.25, 0.3) is 0 Å². The van der Waals surface area contributed by atoms with Crippen LogP contribution in [0, 0.1) is 11.8 Å². The zero-order valence-electron chi connectivity index (χ0n) is 32.3. The van der Waals surface area contributed by atoms with Crippen molar-refractivity contribution in [3.05, 3.63) is 0 Å². The van der Waals surface area contributed by atoms with Gasteiger partial charge in [0.2, 0.25) is 0 Å². The summed E-state index contributed by atoms with van der Waals surface area (Å²) >= 11 is 0. The topological polar surface area (TPSA) is 64.6 Å². The molecule has 0 bridgehead atoms. The zero-order valence-corrected chi connectivity index (χ0v) is 32.3. The molecule has 0 spiro atoms. The van der Waals surface area contributed by atoms with E-state index in [2.05, 4.69) is 33.0 Å². The lowest BCUT2D eigenvalue weighted by Gasteiger charge is -2.17. The summed E-state index contributed by atoms with van der Waals surface area (Å²) < 4.78 is 11.2. The summed E-state index contributed by atoms with van der Waals surface area (Å²) in [6, 6.07) is 0. The lowest BCUT2D eigenvalue weighted by atomic mass is 9.95. The molecule has 47 heavy (non-hydrogen) atoms. The summed E-state index contributed by atoms with van der Waals surface area (Å²) in [5, 5.41) is 3.61. The van der Waals surface area contributed by atoms with Gasteiger partial charge < -0.3 is 14.8 Å². The van der Waals surface area contributed by atoms with E-state index in [0.717, 1.165) is 45.2 Å². The van der Waals surface area contributed by atoms with Gasteiger partial charge in [0.05, 0.1) is 13.2 Å². The molecular formula is C42H83NO4. The first-order valence-corrected chi connectivity index (χ1v) is 21.0. The molecule has 0 saturated carbocycles. The molecule has 0 aromatic carbocycles. The van der Waals surface area contributed by atoms with E-state index in [4.69, 9.17) is 9.47 Å². The van der Waals surface area contributed by atoms with Crippen molar-refractivity contribution in [2.24, 2.45) is 11.8 Å². The predicted octanol–water partition coefficient (Wildman–Crippen LogP) is 12.7. The molecule has 0 aliphatic heterocycles. The number of hydrogen-bond acceptors (Lipinski definition) is 5. The number of esters is 2. The Morgan fingerprint density at radius 1 is 0.468 bits per heavy atom. The average Bonchev–Trinajstić information content (AvgIpc) is 3.07. The zero-order chi connectivity index (χ0) is 34.5. The molecule has 280 valence electrons. The lowest BCUT2D eigenvalue weighted by Crippen LogP contribution is -2.18. The van der Waals surface area contributed by atoms with Gasteiger partial charge in [-0.1, -0.05) is 163 Å². The lowest BCUT2D eigenvalue weighted by molar-refractivity contribution is -0.145. The Hall–Kier alpha value is -1.10. The summed E-state index contributed by atoms with van der Waals surface area (Å²) in [5.74, 6) is 1.25. The van der Waals surface area contributed by atoms with Gasteiger partial charge in [-0.15, -0.1) is 0 Å². The number of carbonyl (C=O) groups excluding carboxylic acids is 2. The van der Waals surface area contributed by atoms with Gasteiger partial charge >= 0.3 is 11.9 Å². The van der Waals surface area contributed by atoms with Crippen LogP contribution in [0.1, 0.15) is 220 Å². The van der Waals surface area contributed by atoms with Crippen LogP contribution in [0.4, 0.5) is 0 Å². The smallest absolute Gasteiger partial charge is 0.305 e. The molecule has 0 radical (unpaired) electrons. The first-order valence-electron chi connectivity index (χ1n) is 21.0. The molecule has 0 aliphatic carbocycles. The highest BCUT2D eigenvalue weighted by molar-refractivity contribution is 5.69. The van der Waals surface area contributed by atoms with Crippen LogP contribution in [-0.4, -0.2) is 38.2 Å². The fourth-order valence-corrected chi connectivity index (χ4v) is 6.41. The second kappa shape index (κ2) is 37.7. The second-order valence-corrected chi connectivity index (χ2v) is 14.7. The van der Waals surface area contributed by atoms with E-state index in [-0.39, 0.29) is 11.9 Å². The minimum atomic E-state index is -0.0130. The Morgan fingerprint density at radius 2 is 0.915 bits per heavy atom. The maximum absolute atomic E-state index is 12.4. The second-order valence-electron chi connectivity index (χ2n) is 14.7. The van der Waals surface area contributed by atoms with Gasteiger partial charge in [0.1, 0.15) is 0 Å². The molecule has 0 aliphatic rings. The van der Waals surface area contributed by atoms with Crippen LogP contribution in [0.5, 0.6) is 0 Å². The highest BCUT2D eigenvalue weighted by Gasteiger charge is 2.12. The largest absolute Gasteiger partial charge is 0.466 e. The predicted molar refractivity (Wildman–Crippen MR) is 203 cm³/mol. The average molecular weight is 666 g/mol. The van der Waals surface area contributed by atoms with Crippen molar-refractivity contribution >= 4 is 11.9 Å². The monoisotopic (exact) mass is 666 g/mol. The van der Waals surface area contributed by atoms with Crippen LogP contribution < -0.4 is 5.32 Å². The fourth-order valence-electron chi connectivity index (χ4n) is 6.41. The SMILES string of the molecule is CCCCCCCCCOC(=O)CCCCC(C)CCNCCCCCCCC(=O)OCC(CCCCCCC)CCCCCCC. The van der Waals surface area contributed by atoms with E-state index in [1.807, 2.05) is 0 Å². The number of hydrogen-bond donors (Lipinski definition) is 1. The molecular weight excluding hydrogens is 582 g/mol. The number of rotatable bonds is 38. The minimum absolute atomic E-state index is 0.0130. The fraction of sp³-hybridized carbons (Fsp3) is 0.952. The summed E-state index contributed by atoms with van der Waals surface area (Å²) in [5.41, 5.74) is 0. The summed E-state index contributed by atoms with van der Waals surface area (Å²) in [7, 11) is 0. The third-order valence-corrected chi connectivity index (χ3v) is 9.80. The summed E-state index contributed by atoms with van der Waals surface area (Å²) in [6.45, 7) is 12.5. The Morgan fingerprint density at radius 3 is 1.51 bits per heavy atom. The first-order chi connectivity index (χ1) is 23.0. The van der Waals surface area contributed by atoms with E-state index < -0.39 is 0 Å². The van der Waals surface area contributed by atoms with Crippen LogP contribution in [0.15, 0.2) is 0 Å². The van der Waals surface area contributed by atoms with Crippen LogP contribution in [0.2, 0.25) is 0 Å². The van der Waals surface area contributed by atoms with Crippen molar-refractivity contribution in [3.8, 4) is 0 Å². The number of ether oxygens (including phenoxy) is 2. The Labute approximate surface area is 294 Å². The van der Waals surface area contributed by atoms with Crippen LogP contribution in [0.3, 0.4) is 0 Å². The molecule has 0 saturated heterocycles. The molecule has 0 aromatic heterocycles. The first kappa shape index (κ1) is 45.9. The molecule has 5 heteroatoms. The molecule has 1 atom stereocenters. The van der Waals surface area contributed by atoms with Gasteiger partial charge in [-0.05, 0) is 69.9 Å². The van der Waals surface area contributed by atoms with Crippen LogP contribution in [-0.2, 0) is 19.1 Å². The third-order valence-electron chi connectivity index (χ3n) is 9.80. The Balaban J connectivity index is 3.65. The van der Waals surface area contributed by atoms with Gasteiger partial charge in [0, 0.05) is 12.8 Å². The highest BCUT2D eigenvalue weighted by Crippen LogP contribution is 2.20. The van der Waals surface area contributed by atoms with E-state index in [1.54, 1.807) is 0 Å². The van der Waals surface area contributed by atoms with Gasteiger partial charge in [-0.3, -0.25) is 9.59 Å². The number of nitrogens with one attached hydrogen (secondary N) is 1. The molecule has 0 amide bonds. The quantitative estimate of drug-likeness (QED) is 0.0525. The minimum Gasteiger partial charge on any atom is -0.466 e. The third kappa shape index (κ3) is 36.0. The molecule has 1 N–H and O–H groups in total. The number of carbonyl (C=O) groups is 2. The van der Waals surface area contributed by atoms with E-state index in [1.165, 1.54) is 148 Å². The molecule has 0 heterocycles. The molecule has 0 aromatic rings. The molecule has 5 nitrogen and oxygen atoms in total. The van der Waals surface area contributed by atoms with E-state index >= 15 is 0 Å². The van der Waals surface area contributed by atoms with E-state index in [0.29, 0.717) is 37.9 Å². The van der Waals surface area contributed by atoms with Gasteiger partial charge in [0.25, 0.3) is 0 Å². The molecule has 0 rings (SSSR count). The maximum Gasteiger partial charge on any atom is 0.305 e. The summed E-state index contributed by atoms with van der Waals surface area (Å²) in [4.78, 5) is 24.3. The van der Waals surface area contributed by atoms with Crippen molar-refractivity contribution in [3.63, 3.8) is 0 Å². The molecule has 1 unspecified atom stereocenters. The van der Waals surface area contributed by atoms with Crippen LogP contribution >= 0.6 is 0 Å². The van der Waals surface area contributed by atoms with Gasteiger partial charge in [0.15, 0.2) is 0 Å². The molecule has 0 fully saturated rings.